The lowest BCUT2D eigenvalue weighted by Gasteiger charge is -2.45. The van der Waals surface area contributed by atoms with Gasteiger partial charge in [0.2, 0.25) is 0 Å². The van der Waals surface area contributed by atoms with Gasteiger partial charge >= 0.3 is 0 Å². The summed E-state index contributed by atoms with van der Waals surface area (Å²) in [6.07, 6.45) is 0. The molecule has 2 nitrogen and oxygen atoms in total. The molecule has 76 heavy (non-hydrogen) atoms. The molecule has 1 aliphatic carbocycles. The summed E-state index contributed by atoms with van der Waals surface area (Å²) >= 11 is 2.02. The van der Waals surface area contributed by atoms with Gasteiger partial charge in [-0.25, -0.2) is 0 Å². The van der Waals surface area contributed by atoms with Gasteiger partial charge in [0.1, 0.15) is 0 Å². The van der Waals surface area contributed by atoms with E-state index in [2.05, 4.69) is 292 Å². The molecule has 2 aliphatic heterocycles. The number of nitrogens with zero attached hydrogens (tertiary/aromatic N) is 2. The summed E-state index contributed by atoms with van der Waals surface area (Å²) in [6.45, 7) is 25.8. The number of fused-ring (bicyclic) bond motifs is 9. The largest absolute Gasteiger partial charge is 0.311 e. The molecular weight excluding hydrogens is 952 g/mol. The third kappa shape index (κ3) is 7.32. The third-order valence-electron chi connectivity index (χ3n) is 17.3. The molecule has 10 aromatic rings. The van der Waals surface area contributed by atoms with E-state index in [1.807, 2.05) is 11.3 Å². The maximum Gasteiger partial charge on any atom is 0.264 e. The standard InChI is InChI=1S/C71H67BN2SSi/c1-68(2,3)46-31-36-49(37-32-46)73-61-40-35-48(70(7,8)9)41-60(61)72-65-62(73)42-54(76(51-23-15-12-16-24-51,52-25-17-13-18-26-52)53-27-19-14-20-28-53)43-63(65)74(50-38-33-47(34-39-50)69(4,5)6)66-57-44-56-55-29-21-22-30-58(55)71(10,11)59(56)45-64(57)75-67(66)72/h12-45H,1-11H3. The topological polar surface area (TPSA) is 6.48 Å². The van der Waals surface area contributed by atoms with E-state index in [9.17, 15) is 0 Å². The van der Waals surface area contributed by atoms with Crippen molar-refractivity contribution in [3.63, 3.8) is 0 Å². The summed E-state index contributed by atoms with van der Waals surface area (Å²) in [4.78, 5) is 5.35. The minimum atomic E-state index is -3.11. The Morgan fingerprint density at radius 2 is 0.895 bits per heavy atom. The molecule has 0 saturated heterocycles. The fraction of sp³-hybridized carbons (Fsp3) is 0.211. The monoisotopic (exact) mass is 1020 g/mol. The van der Waals surface area contributed by atoms with Crippen LogP contribution >= 0.6 is 11.3 Å². The first-order valence-corrected chi connectivity index (χ1v) is 30.2. The number of benzene rings is 9. The second kappa shape index (κ2) is 17.2. The van der Waals surface area contributed by atoms with E-state index in [1.165, 1.54) is 120 Å². The zero-order valence-electron chi connectivity index (χ0n) is 46.0. The number of anilines is 6. The Hall–Kier alpha value is -7.18. The van der Waals surface area contributed by atoms with Crippen LogP contribution in [0.25, 0.3) is 21.2 Å². The van der Waals surface area contributed by atoms with E-state index in [1.54, 1.807) is 0 Å². The molecule has 0 spiro atoms. The molecule has 0 unspecified atom stereocenters. The zero-order valence-corrected chi connectivity index (χ0v) is 47.8. The van der Waals surface area contributed by atoms with Crippen LogP contribution in [-0.4, -0.2) is 14.8 Å². The van der Waals surface area contributed by atoms with E-state index in [-0.39, 0.29) is 28.4 Å². The number of thiophene rings is 1. The summed E-state index contributed by atoms with van der Waals surface area (Å²) in [5, 5.41) is 6.75. The van der Waals surface area contributed by atoms with E-state index < -0.39 is 8.07 Å². The summed E-state index contributed by atoms with van der Waals surface area (Å²) in [5.74, 6) is 0. The van der Waals surface area contributed by atoms with Crippen molar-refractivity contribution in [2.24, 2.45) is 0 Å². The lowest BCUT2D eigenvalue weighted by molar-refractivity contribution is 0.590. The highest BCUT2D eigenvalue weighted by molar-refractivity contribution is 7.34. The highest BCUT2D eigenvalue weighted by Gasteiger charge is 2.50. The van der Waals surface area contributed by atoms with Crippen molar-refractivity contribution < 1.29 is 0 Å². The van der Waals surface area contributed by atoms with Gasteiger partial charge in [-0.05, 0) is 141 Å². The highest BCUT2D eigenvalue weighted by Crippen LogP contribution is 2.54. The quantitative estimate of drug-likeness (QED) is 0.121. The predicted octanol–water partition coefficient (Wildman–Crippen LogP) is 14.6. The highest BCUT2D eigenvalue weighted by atomic mass is 32.1. The first-order valence-electron chi connectivity index (χ1n) is 27.4. The Balaban J connectivity index is 1.22. The minimum Gasteiger partial charge on any atom is -0.311 e. The van der Waals surface area contributed by atoms with Crippen molar-refractivity contribution in [2.75, 3.05) is 9.80 Å². The summed E-state index contributed by atoms with van der Waals surface area (Å²) in [5.41, 5.74) is 19.4. The fourth-order valence-electron chi connectivity index (χ4n) is 13.2. The Bertz CT molecular complexity index is 3800. The molecule has 9 aromatic carbocycles. The van der Waals surface area contributed by atoms with E-state index >= 15 is 0 Å². The Labute approximate surface area is 456 Å². The van der Waals surface area contributed by atoms with Gasteiger partial charge < -0.3 is 9.80 Å². The van der Waals surface area contributed by atoms with Gasteiger partial charge in [0.25, 0.3) is 6.71 Å². The van der Waals surface area contributed by atoms with E-state index in [0.717, 1.165) is 0 Å². The number of rotatable bonds is 6. The molecule has 0 fully saturated rings. The van der Waals surface area contributed by atoms with Crippen LogP contribution in [-0.2, 0) is 21.7 Å². The molecule has 0 atom stereocenters. The SMILES string of the molecule is CC(C)(C)c1ccc(N2c3ccc(C(C)(C)C)cc3B3c4sc5cc6c(cc5c4N(c4ccc(C(C)(C)C)cc4)c4cc([Si](c5ccccc5)(c5ccccc5)c5ccccc5)cc2c43)-c2ccccc2C6(C)C)cc1. The normalized spacial score (nSPS) is 14.5. The maximum atomic E-state index is 2.71. The third-order valence-corrected chi connectivity index (χ3v) is 23.2. The maximum absolute atomic E-state index is 3.11. The van der Waals surface area contributed by atoms with Crippen LogP contribution in [0.15, 0.2) is 206 Å². The number of hydrogen-bond donors (Lipinski definition) is 0. The fourth-order valence-corrected chi connectivity index (χ4v) is 19.3. The molecule has 5 heteroatoms. The van der Waals surface area contributed by atoms with Crippen molar-refractivity contribution in [2.45, 2.75) is 97.8 Å². The smallest absolute Gasteiger partial charge is 0.264 e. The van der Waals surface area contributed by atoms with Crippen LogP contribution in [0.2, 0.25) is 0 Å². The second-order valence-corrected chi connectivity index (χ2v) is 30.3. The van der Waals surface area contributed by atoms with Crippen molar-refractivity contribution >= 4 is 107 Å². The zero-order chi connectivity index (χ0) is 52.7. The van der Waals surface area contributed by atoms with Crippen LogP contribution < -0.4 is 46.2 Å². The van der Waals surface area contributed by atoms with Crippen LogP contribution in [0.5, 0.6) is 0 Å². The van der Waals surface area contributed by atoms with Crippen molar-refractivity contribution in [1.82, 2.24) is 0 Å². The molecule has 3 aliphatic rings. The molecule has 374 valence electrons. The van der Waals surface area contributed by atoms with Crippen LogP contribution in [0.1, 0.15) is 104 Å². The lowest BCUT2D eigenvalue weighted by Crippen LogP contribution is -2.75. The average molecular weight is 1020 g/mol. The van der Waals surface area contributed by atoms with Gasteiger partial charge in [-0.3, -0.25) is 0 Å². The molecule has 1 aromatic heterocycles. The van der Waals surface area contributed by atoms with Crippen molar-refractivity contribution in [3.8, 4) is 11.1 Å². The van der Waals surface area contributed by atoms with Gasteiger partial charge in [-0.2, -0.15) is 0 Å². The Morgan fingerprint density at radius 3 is 1.42 bits per heavy atom. The molecule has 13 rings (SSSR count). The van der Waals surface area contributed by atoms with Gasteiger partial charge in [-0.15, -0.1) is 11.3 Å². The number of hydrogen-bond acceptors (Lipinski definition) is 3. The van der Waals surface area contributed by atoms with Gasteiger partial charge in [0, 0.05) is 48.7 Å². The summed E-state index contributed by atoms with van der Waals surface area (Å²) in [7, 11) is -3.11. The van der Waals surface area contributed by atoms with E-state index in [0.29, 0.717) is 0 Å². The van der Waals surface area contributed by atoms with Crippen LogP contribution in [0.3, 0.4) is 0 Å². The Kier molecular flexibility index (Phi) is 10.9. The molecule has 3 heterocycles. The van der Waals surface area contributed by atoms with Crippen LogP contribution in [0.4, 0.5) is 34.1 Å². The van der Waals surface area contributed by atoms with Gasteiger partial charge in [-0.1, -0.05) is 228 Å². The molecule has 0 bridgehead atoms. The minimum absolute atomic E-state index is 0.00461. The predicted molar refractivity (Wildman–Crippen MR) is 333 cm³/mol. The summed E-state index contributed by atoms with van der Waals surface area (Å²) in [6, 6.07) is 80.5. The van der Waals surface area contributed by atoms with Crippen molar-refractivity contribution in [3.05, 3.63) is 234 Å². The molecular formula is C71H67BN2SSi. The first kappa shape index (κ1) is 48.5. The molecule has 0 N–H and O–H groups in total. The van der Waals surface area contributed by atoms with Crippen molar-refractivity contribution in [1.29, 1.82) is 0 Å². The van der Waals surface area contributed by atoms with Gasteiger partial charge in [0.15, 0.2) is 8.07 Å². The van der Waals surface area contributed by atoms with E-state index in [4.69, 9.17) is 0 Å². The second-order valence-electron chi connectivity index (χ2n) is 25.4. The Morgan fingerprint density at radius 1 is 0.421 bits per heavy atom. The summed E-state index contributed by atoms with van der Waals surface area (Å²) < 4.78 is 2.74. The van der Waals surface area contributed by atoms with Crippen LogP contribution in [0, 0.1) is 0 Å². The average Bonchev–Trinajstić information content (AvgIpc) is 3.75. The van der Waals surface area contributed by atoms with Gasteiger partial charge in [0.05, 0.1) is 5.69 Å². The first-order chi connectivity index (χ1) is 36.3. The molecule has 0 saturated carbocycles. The molecule has 0 amide bonds. The lowest BCUT2D eigenvalue weighted by atomic mass is 9.36. The molecule has 0 radical (unpaired) electrons.